The van der Waals surface area contributed by atoms with E-state index in [9.17, 15) is 24.5 Å². The summed E-state index contributed by atoms with van der Waals surface area (Å²) < 4.78 is 4.85. The molecule has 7 heterocycles. The van der Waals surface area contributed by atoms with Gasteiger partial charge in [-0.05, 0) is 79.4 Å². The first-order valence-corrected chi connectivity index (χ1v) is 19.8. The van der Waals surface area contributed by atoms with Crippen molar-refractivity contribution in [3.05, 3.63) is 81.4 Å². The Morgan fingerprint density at radius 2 is 1.77 bits per heavy atom. The number of carbonyl (C=O) groups excluding carboxylic acids is 4. The Morgan fingerprint density at radius 1 is 0.982 bits per heavy atom. The van der Waals surface area contributed by atoms with Crippen LogP contribution in [0.25, 0.3) is 11.0 Å². The minimum absolute atomic E-state index is 0.000632. The molecule has 4 saturated heterocycles. The predicted octanol–water partition coefficient (Wildman–Crippen LogP) is 4.95. The molecule has 1 spiro atoms. The summed E-state index contributed by atoms with van der Waals surface area (Å²) in [5, 5.41) is 19.7. The Morgan fingerprint density at radius 3 is 2.57 bits per heavy atom. The topological polar surface area (TPSA) is 176 Å². The van der Waals surface area contributed by atoms with Crippen molar-refractivity contribution in [3.8, 4) is 0 Å². The van der Waals surface area contributed by atoms with Gasteiger partial charge >= 0.3 is 5.69 Å². The van der Waals surface area contributed by atoms with E-state index in [4.69, 9.17) is 21.2 Å². The number of nitro groups is 1. The third-order valence-corrected chi connectivity index (χ3v) is 13.2. The van der Waals surface area contributed by atoms with E-state index in [0.29, 0.717) is 49.2 Å². The number of rotatable bonds is 7. The Balaban J connectivity index is 1.03. The summed E-state index contributed by atoms with van der Waals surface area (Å²) >= 11 is 6.57. The highest BCUT2D eigenvalue weighted by molar-refractivity contribution is 6.41. The van der Waals surface area contributed by atoms with Gasteiger partial charge in [-0.2, -0.15) is 0 Å². The first-order chi connectivity index (χ1) is 27.1. The average molecular weight is 781 g/mol. The molecule has 3 aromatic rings. The number of hydrogen-bond donors (Lipinski definition) is 0. The van der Waals surface area contributed by atoms with Crippen LogP contribution in [0.15, 0.2) is 70.3 Å². The first kappa shape index (κ1) is 36.2. The molecular formula is C40H41ClN8O7. The zero-order valence-electron chi connectivity index (χ0n) is 30.8. The molecule has 16 heteroatoms. The van der Waals surface area contributed by atoms with Crippen LogP contribution in [0, 0.1) is 16.0 Å². The van der Waals surface area contributed by atoms with Crippen molar-refractivity contribution in [1.82, 2.24) is 29.9 Å². The SMILES string of the molecule is CC[C@@H]1CC[C@@H]2C=C[C@H]3CCN(C(=O)[C@@H]4CC[C@H]5C=C[C@]6(CCCN6C(=O)/C(Cc6ccccc6Cl)=N\c6ccc([N+](=O)[O-])c7nonc67)C(=O)N54)[C@@H]3C(=O)N12. The largest absolute Gasteiger partial charge is 0.331 e. The second-order valence-electron chi connectivity index (χ2n) is 15.6. The van der Waals surface area contributed by atoms with Crippen LogP contribution in [-0.2, 0) is 25.6 Å². The quantitative estimate of drug-likeness (QED) is 0.139. The van der Waals surface area contributed by atoms with Crippen LogP contribution in [0.5, 0.6) is 0 Å². The van der Waals surface area contributed by atoms with Crippen molar-refractivity contribution in [2.24, 2.45) is 10.9 Å². The van der Waals surface area contributed by atoms with E-state index in [0.717, 1.165) is 19.3 Å². The minimum Gasteiger partial charge on any atom is -0.331 e. The molecule has 290 valence electrons. The summed E-state index contributed by atoms with van der Waals surface area (Å²) in [5.74, 6) is -1.13. The average Bonchev–Trinajstić information content (AvgIpc) is 4.04. The highest BCUT2D eigenvalue weighted by atomic mass is 35.5. The number of nitrogens with zero attached hydrogens (tertiary/aromatic N) is 8. The fourth-order valence-electron chi connectivity index (χ4n) is 10.1. The normalized spacial score (nSPS) is 29.7. The molecule has 0 bridgehead atoms. The van der Waals surface area contributed by atoms with Gasteiger partial charge in [0.1, 0.15) is 23.3 Å². The lowest BCUT2D eigenvalue weighted by Crippen LogP contribution is -2.64. The van der Waals surface area contributed by atoms with Crippen molar-refractivity contribution >= 4 is 63.3 Å². The van der Waals surface area contributed by atoms with Gasteiger partial charge in [-0.1, -0.05) is 61.0 Å². The molecule has 4 fully saturated rings. The molecule has 0 saturated carbocycles. The lowest BCUT2D eigenvalue weighted by Gasteiger charge is -2.44. The Kier molecular flexibility index (Phi) is 9.01. The summed E-state index contributed by atoms with van der Waals surface area (Å²) in [6, 6.07) is 8.15. The standard InChI is InChI=1S/C40H41ClN8O7/c1-2-25-10-11-26-9-8-23-17-21-45(35(23)38(52)47(25)26)37(51)32-14-12-27-16-19-40(39(53)48(27)32)18-5-20-46(40)36(50)30(22-24-6-3-4-7-28(24)41)42-29-13-15-31(49(54)55)34-33(29)43-56-44-34/h3-4,6-9,13,15-16,19,23,25-27,32,35H,2,5,10-12,14,17-18,20-22H2,1H3/b42-30-/t23-,25+,26-,27-,32-,35-,40+/m0/s1. The second kappa shape index (κ2) is 13.9. The maximum atomic E-state index is 15.0. The van der Waals surface area contributed by atoms with E-state index < -0.39 is 28.5 Å². The molecular weight excluding hydrogens is 740 g/mol. The zero-order valence-corrected chi connectivity index (χ0v) is 31.6. The number of carbonyl (C=O) groups is 4. The molecule has 6 aliphatic rings. The summed E-state index contributed by atoms with van der Waals surface area (Å²) in [7, 11) is 0. The van der Waals surface area contributed by atoms with E-state index in [1.165, 1.54) is 17.0 Å². The number of likely N-dealkylation sites (tertiary alicyclic amines) is 2. The highest BCUT2D eigenvalue weighted by Gasteiger charge is 2.58. The van der Waals surface area contributed by atoms with Crippen LogP contribution in [0.1, 0.15) is 63.9 Å². The van der Waals surface area contributed by atoms with Crippen molar-refractivity contribution in [1.29, 1.82) is 0 Å². The van der Waals surface area contributed by atoms with Gasteiger partial charge in [0.15, 0.2) is 5.52 Å². The molecule has 0 unspecified atom stereocenters. The van der Waals surface area contributed by atoms with Gasteiger partial charge in [-0.3, -0.25) is 29.3 Å². The molecule has 0 aliphatic carbocycles. The Bertz CT molecular complexity index is 2250. The molecule has 4 amide bonds. The van der Waals surface area contributed by atoms with Crippen molar-refractivity contribution in [2.45, 2.75) is 100 Å². The lowest BCUT2D eigenvalue weighted by atomic mass is 9.88. The van der Waals surface area contributed by atoms with E-state index in [2.05, 4.69) is 29.4 Å². The molecule has 15 nitrogen and oxygen atoms in total. The summed E-state index contributed by atoms with van der Waals surface area (Å²) in [4.78, 5) is 81.5. The van der Waals surface area contributed by atoms with Gasteiger partial charge in [-0.15, -0.1) is 0 Å². The summed E-state index contributed by atoms with van der Waals surface area (Å²) in [6.07, 6.45) is 13.4. The number of amides is 4. The van der Waals surface area contributed by atoms with Gasteiger partial charge in [0.25, 0.3) is 11.8 Å². The molecule has 9 rings (SSSR count). The number of fused-ring (bicyclic) bond motifs is 4. The molecule has 7 atom stereocenters. The molecule has 6 aliphatic heterocycles. The van der Waals surface area contributed by atoms with Gasteiger partial charge in [0.05, 0.1) is 22.7 Å². The molecule has 0 radical (unpaired) electrons. The van der Waals surface area contributed by atoms with E-state index in [1.54, 1.807) is 34.1 Å². The summed E-state index contributed by atoms with van der Waals surface area (Å²) in [5.41, 5.74) is -1.03. The minimum atomic E-state index is -1.37. The van der Waals surface area contributed by atoms with Gasteiger partial charge in [0.2, 0.25) is 17.3 Å². The molecule has 56 heavy (non-hydrogen) atoms. The highest BCUT2D eigenvalue weighted by Crippen LogP contribution is 2.43. The second-order valence-corrected chi connectivity index (χ2v) is 16.0. The van der Waals surface area contributed by atoms with Gasteiger partial charge < -0.3 is 19.6 Å². The van der Waals surface area contributed by atoms with Crippen molar-refractivity contribution in [3.63, 3.8) is 0 Å². The smallest absolute Gasteiger partial charge is 0.300 e. The van der Waals surface area contributed by atoms with Crippen LogP contribution in [0.2, 0.25) is 5.02 Å². The van der Waals surface area contributed by atoms with Crippen LogP contribution in [0.4, 0.5) is 11.4 Å². The van der Waals surface area contributed by atoms with Crippen LogP contribution >= 0.6 is 11.6 Å². The number of nitro benzene ring substituents is 1. The molecule has 2 aromatic carbocycles. The maximum Gasteiger partial charge on any atom is 0.300 e. The Labute approximate surface area is 327 Å². The zero-order chi connectivity index (χ0) is 38.9. The van der Waals surface area contributed by atoms with Crippen LogP contribution in [0.3, 0.4) is 0 Å². The van der Waals surface area contributed by atoms with Crippen molar-refractivity contribution in [2.75, 3.05) is 13.1 Å². The summed E-state index contributed by atoms with van der Waals surface area (Å²) in [6.45, 7) is 2.79. The number of benzene rings is 2. The van der Waals surface area contributed by atoms with E-state index in [1.807, 2.05) is 17.1 Å². The number of aromatic nitrogens is 2. The van der Waals surface area contributed by atoms with Crippen LogP contribution in [-0.4, -0.2) is 113 Å². The maximum absolute atomic E-state index is 15.0. The third-order valence-electron chi connectivity index (χ3n) is 12.8. The lowest BCUT2D eigenvalue weighted by molar-refractivity contribution is -0.383. The van der Waals surface area contributed by atoms with Gasteiger partial charge in [-0.25, -0.2) is 9.62 Å². The monoisotopic (exact) mass is 780 g/mol. The van der Waals surface area contributed by atoms with E-state index in [-0.39, 0.29) is 82.9 Å². The Hall–Kier alpha value is -5.44. The third kappa shape index (κ3) is 5.64. The fraction of sp³-hybridized carbons (Fsp3) is 0.475. The van der Waals surface area contributed by atoms with Gasteiger partial charge in [0, 0.05) is 42.6 Å². The van der Waals surface area contributed by atoms with Crippen LogP contribution < -0.4 is 0 Å². The number of aliphatic imine (C=N–C) groups is 1. The van der Waals surface area contributed by atoms with Crippen molar-refractivity contribution < 1.29 is 28.7 Å². The molecule has 0 N–H and O–H groups in total. The van der Waals surface area contributed by atoms with E-state index >= 15 is 4.79 Å². The molecule has 1 aromatic heterocycles. The predicted molar refractivity (Wildman–Crippen MR) is 204 cm³/mol. The number of halogens is 1. The fourth-order valence-corrected chi connectivity index (χ4v) is 10.3. The number of non-ortho nitro benzene ring substituents is 1. The number of hydrogen-bond acceptors (Lipinski definition) is 10. The first-order valence-electron chi connectivity index (χ1n) is 19.5.